The summed E-state index contributed by atoms with van der Waals surface area (Å²) in [5.41, 5.74) is 2.87. The van der Waals surface area contributed by atoms with E-state index in [4.69, 9.17) is 5.11 Å². The Labute approximate surface area is 132 Å². The number of fused-ring (bicyclic) bond motifs is 1. The largest absolute Gasteiger partial charge is 0.465 e. The Morgan fingerprint density at radius 2 is 1.96 bits per heavy atom. The normalized spacial score (nSPS) is 10.7. The van der Waals surface area contributed by atoms with Crippen molar-refractivity contribution in [3.8, 4) is 0 Å². The van der Waals surface area contributed by atoms with Crippen LogP contribution in [0.25, 0.3) is 5.65 Å². The molecule has 1 amide bonds. The third kappa shape index (κ3) is 3.20. The predicted molar refractivity (Wildman–Crippen MR) is 85.6 cm³/mol. The number of hydrogen-bond donors (Lipinski definition) is 3. The van der Waals surface area contributed by atoms with Crippen molar-refractivity contribution in [2.24, 2.45) is 0 Å². The van der Waals surface area contributed by atoms with Crippen molar-refractivity contribution < 1.29 is 9.90 Å². The zero-order valence-electron chi connectivity index (χ0n) is 12.5. The number of aromatic nitrogens is 4. The van der Waals surface area contributed by atoms with E-state index in [9.17, 15) is 4.79 Å². The summed E-state index contributed by atoms with van der Waals surface area (Å²) in [6.07, 6.45) is 2.98. The van der Waals surface area contributed by atoms with E-state index in [1.165, 1.54) is 9.96 Å². The highest BCUT2D eigenvalue weighted by molar-refractivity contribution is 5.81. The van der Waals surface area contributed by atoms with E-state index in [1.54, 1.807) is 12.4 Å². The summed E-state index contributed by atoms with van der Waals surface area (Å²) in [4.78, 5) is 15.0. The fraction of sp³-hybridized carbons (Fsp3) is 0.200. The first-order chi connectivity index (χ1) is 11.2. The number of aryl methyl sites for hydroxylation is 1. The van der Waals surface area contributed by atoms with Crippen LogP contribution in [0.5, 0.6) is 0 Å². The van der Waals surface area contributed by atoms with Crippen LogP contribution in [0.4, 0.5) is 16.6 Å². The second kappa shape index (κ2) is 6.30. The maximum Gasteiger partial charge on any atom is 0.411 e. The zero-order valence-corrected chi connectivity index (χ0v) is 12.5. The standard InChI is InChI=1S/C15H16N6O2/c1-2-10-3-5-11(6-4-10)9-17-12-13-19-20-14(18-15(22)23)21(13)8-7-16-12/h3-8H,2,9H2,1H3,(H,16,17)(H,18,20)(H,22,23). The van der Waals surface area contributed by atoms with Crippen LogP contribution in [-0.2, 0) is 13.0 Å². The highest BCUT2D eigenvalue weighted by atomic mass is 16.4. The molecule has 3 rings (SSSR count). The molecule has 0 unspecified atom stereocenters. The maximum absolute atomic E-state index is 10.7. The molecule has 0 atom stereocenters. The molecular formula is C15H16N6O2. The summed E-state index contributed by atoms with van der Waals surface area (Å²) in [7, 11) is 0. The van der Waals surface area contributed by atoms with Gasteiger partial charge in [0.2, 0.25) is 11.6 Å². The molecule has 0 spiro atoms. The first kappa shape index (κ1) is 14.8. The molecule has 2 aromatic heterocycles. The van der Waals surface area contributed by atoms with E-state index in [2.05, 4.69) is 57.0 Å². The lowest BCUT2D eigenvalue weighted by Gasteiger charge is -2.07. The lowest BCUT2D eigenvalue weighted by molar-refractivity contribution is 0.209. The number of rotatable bonds is 5. The molecule has 0 aliphatic carbocycles. The topological polar surface area (TPSA) is 104 Å². The van der Waals surface area contributed by atoms with Gasteiger partial charge >= 0.3 is 6.09 Å². The minimum Gasteiger partial charge on any atom is -0.465 e. The summed E-state index contributed by atoms with van der Waals surface area (Å²) < 4.78 is 1.53. The first-order valence-corrected chi connectivity index (χ1v) is 7.18. The summed E-state index contributed by atoms with van der Waals surface area (Å²) in [5.74, 6) is 0.670. The van der Waals surface area contributed by atoms with Gasteiger partial charge in [-0.3, -0.25) is 9.72 Å². The van der Waals surface area contributed by atoms with Crippen LogP contribution in [0.3, 0.4) is 0 Å². The molecule has 0 saturated heterocycles. The molecule has 0 aliphatic rings. The fourth-order valence-corrected chi connectivity index (χ4v) is 2.21. The minimum atomic E-state index is -1.19. The van der Waals surface area contributed by atoms with Gasteiger partial charge in [0.25, 0.3) is 0 Å². The molecule has 0 fully saturated rings. The van der Waals surface area contributed by atoms with E-state index in [-0.39, 0.29) is 5.95 Å². The lowest BCUT2D eigenvalue weighted by atomic mass is 10.1. The van der Waals surface area contributed by atoms with Gasteiger partial charge in [0, 0.05) is 18.9 Å². The van der Waals surface area contributed by atoms with E-state index in [1.807, 2.05) is 0 Å². The van der Waals surface area contributed by atoms with Crippen LogP contribution in [0, 0.1) is 0 Å². The first-order valence-electron chi connectivity index (χ1n) is 7.18. The molecule has 0 radical (unpaired) electrons. The van der Waals surface area contributed by atoms with Crippen LogP contribution in [-0.4, -0.2) is 30.8 Å². The van der Waals surface area contributed by atoms with Gasteiger partial charge in [-0.2, -0.15) is 0 Å². The minimum absolute atomic E-state index is 0.130. The van der Waals surface area contributed by atoms with Crippen molar-refractivity contribution in [1.82, 2.24) is 19.6 Å². The van der Waals surface area contributed by atoms with E-state index < -0.39 is 6.09 Å². The average molecular weight is 312 g/mol. The number of carboxylic acid groups (broad SMARTS) is 1. The van der Waals surface area contributed by atoms with Gasteiger partial charge in [-0.05, 0) is 17.5 Å². The number of carbonyl (C=O) groups is 1. The highest BCUT2D eigenvalue weighted by Gasteiger charge is 2.11. The molecule has 3 N–H and O–H groups in total. The third-order valence-electron chi connectivity index (χ3n) is 3.44. The molecule has 23 heavy (non-hydrogen) atoms. The molecular weight excluding hydrogens is 296 g/mol. The van der Waals surface area contributed by atoms with Gasteiger partial charge < -0.3 is 10.4 Å². The average Bonchev–Trinajstić information content (AvgIpc) is 2.96. The summed E-state index contributed by atoms with van der Waals surface area (Å²) >= 11 is 0. The van der Waals surface area contributed by atoms with E-state index in [0.29, 0.717) is 18.0 Å². The second-order valence-corrected chi connectivity index (χ2v) is 4.95. The number of nitrogens with zero attached hydrogens (tertiary/aromatic N) is 4. The zero-order chi connectivity index (χ0) is 16.2. The molecule has 0 saturated carbocycles. The van der Waals surface area contributed by atoms with Crippen LogP contribution < -0.4 is 10.6 Å². The van der Waals surface area contributed by atoms with Crippen LogP contribution >= 0.6 is 0 Å². The van der Waals surface area contributed by atoms with E-state index >= 15 is 0 Å². The molecule has 3 aromatic rings. The van der Waals surface area contributed by atoms with Crippen molar-refractivity contribution in [2.75, 3.05) is 10.6 Å². The van der Waals surface area contributed by atoms with Crippen molar-refractivity contribution >= 4 is 23.5 Å². The Hall–Kier alpha value is -3.16. The lowest BCUT2D eigenvalue weighted by Crippen LogP contribution is -2.10. The number of amides is 1. The molecule has 8 nitrogen and oxygen atoms in total. The van der Waals surface area contributed by atoms with Gasteiger partial charge in [-0.25, -0.2) is 9.78 Å². The second-order valence-electron chi connectivity index (χ2n) is 4.95. The Kier molecular flexibility index (Phi) is 4.05. The van der Waals surface area contributed by atoms with Gasteiger partial charge in [0.05, 0.1) is 0 Å². The van der Waals surface area contributed by atoms with E-state index in [0.717, 1.165) is 12.0 Å². The Morgan fingerprint density at radius 1 is 1.22 bits per heavy atom. The number of anilines is 2. The summed E-state index contributed by atoms with van der Waals surface area (Å²) in [6.45, 7) is 2.71. The predicted octanol–water partition coefficient (Wildman–Crippen LogP) is 2.39. The molecule has 118 valence electrons. The van der Waals surface area contributed by atoms with Gasteiger partial charge in [0.15, 0.2) is 5.82 Å². The molecule has 2 heterocycles. The van der Waals surface area contributed by atoms with Crippen molar-refractivity contribution in [3.63, 3.8) is 0 Å². The monoisotopic (exact) mass is 312 g/mol. The summed E-state index contributed by atoms with van der Waals surface area (Å²) in [6, 6.07) is 8.31. The Balaban J connectivity index is 1.79. The highest BCUT2D eigenvalue weighted by Crippen LogP contribution is 2.16. The van der Waals surface area contributed by atoms with Gasteiger partial charge in [-0.15, -0.1) is 10.2 Å². The SMILES string of the molecule is CCc1ccc(CNc2nccn3c(NC(=O)O)nnc23)cc1. The number of benzene rings is 1. The summed E-state index contributed by atoms with van der Waals surface area (Å²) in [5, 5.41) is 22.0. The molecule has 8 heteroatoms. The molecule has 0 aliphatic heterocycles. The quantitative estimate of drug-likeness (QED) is 0.668. The fourth-order valence-electron chi connectivity index (χ4n) is 2.21. The van der Waals surface area contributed by atoms with Crippen LogP contribution in [0.15, 0.2) is 36.7 Å². The van der Waals surface area contributed by atoms with Gasteiger partial charge in [0.1, 0.15) is 0 Å². The molecule has 1 aromatic carbocycles. The smallest absolute Gasteiger partial charge is 0.411 e. The third-order valence-corrected chi connectivity index (χ3v) is 3.44. The Morgan fingerprint density at radius 3 is 2.65 bits per heavy atom. The van der Waals surface area contributed by atoms with Crippen LogP contribution in [0.2, 0.25) is 0 Å². The van der Waals surface area contributed by atoms with Crippen molar-refractivity contribution in [1.29, 1.82) is 0 Å². The van der Waals surface area contributed by atoms with Crippen molar-refractivity contribution in [2.45, 2.75) is 19.9 Å². The maximum atomic E-state index is 10.7. The number of nitrogens with one attached hydrogen (secondary N) is 2. The molecule has 0 bridgehead atoms. The number of hydrogen-bond acceptors (Lipinski definition) is 5. The van der Waals surface area contributed by atoms with Crippen LogP contribution in [0.1, 0.15) is 18.1 Å². The Bertz CT molecular complexity index is 828. The van der Waals surface area contributed by atoms with Crippen molar-refractivity contribution in [3.05, 3.63) is 47.8 Å². The van der Waals surface area contributed by atoms with Gasteiger partial charge in [-0.1, -0.05) is 31.2 Å².